The molecule has 146 valence electrons. The van der Waals surface area contributed by atoms with E-state index in [-0.39, 0.29) is 11.9 Å². The lowest BCUT2D eigenvalue weighted by molar-refractivity contribution is -0.128. The summed E-state index contributed by atoms with van der Waals surface area (Å²) < 4.78 is 11.7. The third-order valence-electron chi connectivity index (χ3n) is 4.57. The van der Waals surface area contributed by atoms with E-state index in [2.05, 4.69) is 11.4 Å². The molecule has 4 heteroatoms. The molecule has 0 saturated carbocycles. The topological polar surface area (TPSA) is 47.6 Å². The van der Waals surface area contributed by atoms with Crippen molar-refractivity contribution >= 4 is 16.7 Å². The van der Waals surface area contributed by atoms with Crippen LogP contribution in [0.3, 0.4) is 0 Å². The molecule has 0 aromatic heterocycles. The monoisotopic (exact) mass is 377 g/mol. The molecular formula is C24H27NO3. The second kappa shape index (κ2) is 9.27. The average Bonchev–Trinajstić information content (AvgIpc) is 2.71. The Kier molecular flexibility index (Phi) is 6.53. The van der Waals surface area contributed by atoms with Gasteiger partial charge in [-0.25, -0.2) is 0 Å². The molecule has 0 unspecified atom stereocenters. The van der Waals surface area contributed by atoms with Gasteiger partial charge in [-0.15, -0.1) is 0 Å². The van der Waals surface area contributed by atoms with Crippen LogP contribution in [0.5, 0.6) is 11.5 Å². The van der Waals surface area contributed by atoms with Crippen molar-refractivity contribution in [1.82, 2.24) is 5.32 Å². The summed E-state index contributed by atoms with van der Waals surface area (Å²) in [6.07, 6.45) is 0.0486. The molecular weight excluding hydrogens is 350 g/mol. The van der Waals surface area contributed by atoms with E-state index < -0.39 is 6.10 Å². The van der Waals surface area contributed by atoms with Gasteiger partial charge < -0.3 is 14.8 Å². The fourth-order valence-corrected chi connectivity index (χ4v) is 2.96. The molecule has 0 fully saturated rings. The van der Waals surface area contributed by atoms with Gasteiger partial charge in [0.2, 0.25) is 0 Å². The minimum absolute atomic E-state index is 0.122. The van der Waals surface area contributed by atoms with Crippen molar-refractivity contribution in [2.75, 3.05) is 6.61 Å². The number of carbonyl (C=O) groups is 1. The molecule has 4 nitrogen and oxygen atoms in total. The van der Waals surface area contributed by atoms with Crippen LogP contribution < -0.4 is 14.8 Å². The van der Waals surface area contributed by atoms with E-state index in [0.717, 1.165) is 16.5 Å². The molecule has 0 aliphatic heterocycles. The van der Waals surface area contributed by atoms with Crippen molar-refractivity contribution < 1.29 is 14.3 Å². The number of fused-ring (bicyclic) bond motifs is 1. The molecule has 1 amide bonds. The number of carbonyl (C=O) groups excluding carboxylic acids is 1. The van der Waals surface area contributed by atoms with Gasteiger partial charge in [0.15, 0.2) is 6.10 Å². The lowest BCUT2D eigenvalue weighted by atomic mass is 10.1. The Balaban J connectivity index is 1.55. The second-order valence-electron chi connectivity index (χ2n) is 7.06. The fraction of sp³-hybridized carbons (Fsp3) is 0.292. The molecule has 0 saturated heterocycles. The summed E-state index contributed by atoms with van der Waals surface area (Å²) in [7, 11) is 0. The van der Waals surface area contributed by atoms with Crippen molar-refractivity contribution in [3.63, 3.8) is 0 Å². The summed E-state index contributed by atoms with van der Waals surface area (Å²) in [5.74, 6) is 1.37. The zero-order chi connectivity index (χ0) is 19.9. The zero-order valence-electron chi connectivity index (χ0n) is 16.6. The van der Waals surface area contributed by atoms with Crippen LogP contribution in [-0.4, -0.2) is 24.7 Å². The lowest BCUT2D eigenvalue weighted by Crippen LogP contribution is -2.44. The summed E-state index contributed by atoms with van der Waals surface area (Å²) in [5.41, 5.74) is 1.19. The molecule has 28 heavy (non-hydrogen) atoms. The van der Waals surface area contributed by atoms with Crippen LogP contribution in [0, 0.1) is 6.92 Å². The number of nitrogens with one attached hydrogen (secondary N) is 1. The molecule has 2 atom stereocenters. The molecule has 3 aromatic rings. The molecule has 1 N–H and O–H groups in total. The first-order valence-electron chi connectivity index (χ1n) is 9.70. The lowest BCUT2D eigenvalue weighted by Gasteiger charge is -2.21. The number of amides is 1. The van der Waals surface area contributed by atoms with E-state index in [1.165, 1.54) is 5.56 Å². The number of benzene rings is 3. The molecule has 0 aliphatic rings. The van der Waals surface area contributed by atoms with Crippen LogP contribution in [0.15, 0.2) is 66.7 Å². The summed E-state index contributed by atoms with van der Waals surface area (Å²) in [6, 6.07) is 21.7. The predicted molar refractivity (Wildman–Crippen MR) is 113 cm³/mol. The van der Waals surface area contributed by atoms with Gasteiger partial charge in [-0.05, 0) is 55.3 Å². The van der Waals surface area contributed by atoms with Gasteiger partial charge in [-0.3, -0.25) is 4.79 Å². The first-order valence-corrected chi connectivity index (χ1v) is 9.70. The highest BCUT2D eigenvalue weighted by Crippen LogP contribution is 2.22. The Morgan fingerprint density at radius 3 is 2.36 bits per heavy atom. The van der Waals surface area contributed by atoms with E-state index in [9.17, 15) is 4.79 Å². The van der Waals surface area contributed by atoms with Crippen LogP contribution in [0.25, 0.3) is 10.8 Å². The van der Waals surface area contributed by atoms with E-state index in [0.29, 0.717) is 18.8 Å². The smallest absolute Gasteiger partial charge is 0.261 e. The van der Waals surface area contributed by atoms with E-state index in [1.54, 1.807) is 0 Å². The summed E-state index contributed by atoms with van der Waals surface area (Å²) in [4.78, 5) is 12.6. The van der Waals surface area contributed by atoms with Gasteiger partial charge in [-0.2, -0.15) is 0 Å². The van der Waals surface area contributed by atoms with E-state index in [4.69, 9.17) is 9.47 Å². The first kappa shape index (κ1) is 19.7. The highest BCUT2D eigenvalue weighted by atomic mass is 16.5. The Morgan fingerprint density at radius 1 is 0.964 bits per heavy atom. The fourth-order valence-electron chi connectivity index (χ4n) is 2.96. The number of rotatable bonds is 8. The Labute approximate surface area is 166 Å². The maximum Gasteiger partial charge on any atom is 0.261 e. The van der Waals surface area contributed by atoms with Gasteiger partial charge in [-0.1, -0.05) is 55.0 Å². The number of ether oxygens (including phenoxy) is 2. The second-order valence-corrected chi connectivity index (χ2v) is 7.06. The Hall–Kier alpha value is -3.01. The zero-order valence-corrected chi connectivity index (χ0v) is 16.6. The maximum absolute atomic E-state index is 12.6. The van der Waals surface area contributed by atoms with Gasteiger partial charge in [0.05, 0.1) is 6.04 Å². The standard InChI is InChI=1S/C24H27NO3/c1-4-23(28-22-14-11-19-7-5-6-8-20(19)15-22)24(26)25-18(3)16-27-21-12-9-17(2)10-13-21/h5-15,18,23H,4,16H2,1-3H3,(H,25,26)/t18-,23-/m0/s1. The van der Waals surface area contributed by atoms with Crippen molar-refractivity contribution in [2.45, 2.75) is 39.3 Å². The summed E-state index contributed by atoms with van der Waals surface area (Å²) in [6.45, 7) is 6.31. The van der Waals surface area contributed by atoms with Crippen LogP contribution in [0.1, 0.15) is 25.8 Å². The third-order valence-corrected chi connectivity index (χ3v) is 4.57. The van der Waals surface area contributed by atoms with Crippen LogP contribution in [-0.2, 0) is 4.79 Å². The molecule has 0 heterocycles. The largest absolute Gasteiger partial charge is 0.491 e. The van der Waals surface area contributed by atoms with Gasteiger partial charge >= 0.3 is 0 Å². The number of hydrogen-bond donors (Lipinski definition) is 1. The van der Waals surface area contributed by atoms with Gasteiger partial charge in [0, 0.05) is 0 Å². The van der Waals surface area contributed by atoms with Crippen molar-refractivity contribution in [3.05, 3.63) is 72.3 Å². The Bertz CT molecular complexity index is 921. The normalized spacial score (nSPS) is 13.0. The third kappa shape index (κ3) is 5.26. The molecule has 3 aromatic carbocycles. The van der Waals surface area contributed by atoms with Crippen molar-refractivity contribution in [2.24, 2.45) is 0 Å². The average molecular weight is 377 g/mol. The molecule has 0 bridgehead atoms. The van der Waals surface area contributed by atoms with Gasteiger partial charge in [0.1, 0.15) is 18.1 Å². The minimum atomic E-state index is -0.539. The molecule has 0 spiro atoms. The van der Waals surface area contributed by atoms with Crippen molar-refractivity contribution in [3.8, 4) is 11.5 Å². The van der Waals surface area contributed by atoms with E-state index in [1.807, 2.05) is 81.4 Å². The van der Waals surface area contributed by atoms with Crippen LogP contribution >= 0.6 is 0 Å². The van der Waals surface area contributed by atoms with Crippen LogP contribution in [0.2, 0.25) is 0 Å². The maximum atomic E-state index is 12.6. The summed E-state index contributed by atoms with van der Waals surface area (Å²) >= 11 is 0. The van der Waals surface area contributed by atoms with E-state index >= 15 is 0 Å². The minimum Gasteiger partial charge on any atom is -0.491 e. The Morgan fingerprint density at radius 2 is 1.64 bits per heavy atom. The summed E-state index contributed by atoms with van der Waals surface area (Å²) in [5, 5.41) is 5.22. The number of hydrogen-bond acceptors (Lipinski definition) is 3. The van der Waals surface area contributed by atoms with Crippen molar-refractivity contribution in [1.29, 1.82) is 0 Å². The SMILES string of the molecule is CC[C@H](Oc1ccc2ccccc2c1)C(=O)N[C@@H](C)COc1ccc(C)cc1. The highest BCUT2D eigenvalue weighted by molar-refractivity contribution is 5.84. The molecule has 0 aliphatic carbocycles. The van der Waals surface area contributed by atoms with Crippen LogP contribution in [0.4, 0.5) is 0 Å². The molecule has 3 rings (SSSR count). The van der Waals surface area contributed by atoms with Gasteiger partial charge in [0.25, 0.3) is 5.91 Å². The highest BCUT2D eigenvalue weighted by Gasteiger charge is 2.20. The first-order chi connectivity index (χ1) is 13.5. The quantitative estimate of drug-likeness (QED) is 0.608. The predicted octanol–water partition coefficient (Wildman–Crippen LogP) is 4.89. The number of aryl methyl sites for hydroxylation is 1. The molecule has 0 radical (unpaired) electrons.